The van der Waals surface area contributed by atoms with Gasteiger partial charge in [-0.2, -0.15) is 0 Å². The highest BCUT2D eigenvalue weighted by atomic mass is 35.5. The van der Waals surface area contributed by atoms with Crippen molar-refractivity contribution in [1.29, 1.82) is 0 Å². The fraction of sp³-hybridized carbons (Fsp3) is 0.250. The van der Waals surface area contributed by atoms with Crippen LogP contribution < -0.4 is 11.1 Å². The maximum atomic E-state index is 11.8. The van der Waals surface area contributed by atoms with Crippen LogP contribution in [0.15, 0.2) is 18.3 Å². The number of halogens is 1. The lowest BCUT2D eigenvalue weighted by Crippen LogP contribution is -2.38. The Labute approximate surface area is 116 Å². The molecule has 0 saturated carbocycles. The first-order chi connectivity index (χ1) is 8.63. The fourth-order valence-electron chi connectivity index (χ4n) is 2.18. The number of fused-ring (bicyclic) bond motifs is 1. The van der Waals surface area contributed by atoms with E-state index in [9.17, 15) is 4.79 Å². The Bertz CT molecular complexity index is 624. The van der Waals surface area contributed by atoms with Gasteiger partial charge >= 0.3 is 0 Å². The third-order valence-electron chi connectivity index (χ3n) is 2.98. The Balaban J connectivity index is 0.00000133. The number of hydrogen-bond donors (Lipinski definition) is 3. The number of amides is 1. The maximum Gasteiger partial charge on any atom is 0.253 e. The number of carbonyl (C=O) groups excluding carboxylic acids is 1. The van der Waals surface area contributed by atoms with E-state index in [0.29, 0.717) is 11.3 Å². The Kier molecular flexibility index (Phi) is 3.44. The van der Waals surface area contributed by atoms with Crippen molar-refractivity contribution in [3.05, 3.63) is 29.6 Å². The van der Waals surface area contributed by atoms with E-state index in [4.69, 9.17) is 5.73 Å². The molecule has 4 N–H and O–H groups in total. The summed E-state index contributed by atoms with van der Waals surface area (Å²) in [4.78, 5) is 23.0. The molecule has 1 amide bonds. The van der Waals surface area contributed by atoms with E-state index in [2.05, 4.69) is 20.3 Å². The van der Waals surface area contributed by atoms with Gasteiger partial charge in [0, 0.05) is 24.4 Å². The van der Waals surface area contributed by atoms with Gasteiger partial charge in [-0.1, -0.05) is 0 Å². The number of rotatable bonds is 1. The quantitative estimate of drug-likeness (QED) is 0.729. The van der Waals surface area contributed by atoms with Crippen LogP contribution in [0.4, 0.5) is 5.95 Å². The minimum atomic E-state index is -0.0479. The zero-order valence-corrected chi connectivity index (χ0v) is 11.1. The first kappa shape index (κ1) is 13.4. The lowest BCUT2D eigenvalue weighted by molar-refractivity contribution is 0.0929. The molecule has 1 unspecified atom stereocenters. The third kappa shape index (κ3) is 2.39. The van der Waals surface area contributed by atoms with E-state index in [0.717, 1.165) is 17.8 Å². The average molecular weight is 280 g/mol. The molecule has 19 heavy (non-hydrogen) atoms. The van der Waals surface area contributed by atoms with Crippen LogP contribution in [0.1, 0.15) is 23.0 Å². The molecule has 2 aromatic rings. The molecule has 1 aliphatic heterocycles. The average Bonchev–Trinajstić information content (AvgIpc) is 2.73. The van der Waals surface area contributed by atoms with Crippen molar-refractivity contribution in [3.63, 3.8) is 0 Å². The number of nitrogens with two attached hydrogens (primary N) is 1. The molecular formula is C12H14ClN5O. The molecule has 1 atom stereocenters. The second kappa shape index (κ2) is 4.89. The van der Waals surface area contributed by atoms with Gasteiger partial charge in [-0.3, -0.25) is 4.79 Å². The first-order valence-corrected chi connectivity index (χ1v) is 5.75. The van der Waals surface area contributed by atoms with Crippen molar-refractivity contribution in [2.45, 2.75) is 19.4 Å². The standard InChI is InChI=1S/C12H13N5O.ClH/c1-6-4-9-7(11(18)15-6)5-10(16-9)8-2-3-14-12(13)17-8;/h2-3,5-6,16H,4H2,1H3,(H,15,18)(H2,13,14,17);1H. The monoisotopic (exact) mass is 279 g/mol. The second-order valence-corrected chi connectivity index (χ2v) is 4.45. The Morgan fingerprint density at radius 2 is 2.26 bits per heavy atom. The first-order valence-electron chi connectivity index (χ1n) is 5.75. The zero-order chi connectivity index (χ0) is 12.7. The molecule has 0 aliphatic carbocycles. The summed E-state index contributed by atoms with van der Waals surface area (Å²) in [7, 11) is 0. The summed E-state index contributed by atoms with van der Waals surface area (Å²) in [5.74, 6) is 0.172. The molecule has 1 aliphatic rings. The highest BCUT2D eigenvalue weighted by molar-refractivity contribution is 5.98. The molecule has 0 spiro atoms. The maximum absolute atomic E-state index is 11.8. The molecule has 0 aromatic carbocycles. The number of hydrogen-bond acceptors (Lipinski definition) is 4. The Morgan fingerprint density at radius 1 is 1.47 bits per heavy atom. The van der Waals surface area contributed by atoms with Crippen molar-refractivity contribution in [2.24, 2.45) is 0 Å². The molecular weight excluding hydrogens is 266 g/mol. The summed E-state index contributed by atoms with van der Waals surface area (Å²) in [5, 5.41) is 2.90. The minimum Gasteiger partial charge on any atom is -0.368 e. The number of carbonyl (C=O) groups is 1. The molecule has 7 heteroatoms. The number of anilines is 1. The Hall–Kier alpha value is -2.08. The number of H-pyrrole nitrogens is 1. The van der Waals surface area contributed by atoms with Crippen LogP contribution in [0.2, 0.25) is 0 Å². The van der Waals surface area contributed by atoms with Crippen molar-refractivity contribution < 1.29 is 4.79 Å². The van der Waals surface area contributed by atoms with Crippen molar-refractivity contribution in [2.75, 3.05) is 5.73 Å². The predicted octanol–water partition coefficient (Wildman–Crippen LogP) is 1.15. The van der Waals surface area contributed by atoms with Crippen LogP contribution in [-0.2, 0) is 6.42 Å². The summed E-state index contributed by atoms with van der Waals surface area (Å²) in [6.07, 6.45) is 2.39. The normalized spacial score (nSPS) is 17.3. The summed E-state index contributed by atoms with van der Waals surface area (Å²) < 4.78 is 0. The van der Waals surface area contributed by atoms with Gasteiger partial charge < -0.3 is 16.0 Å². The number of nitrogen functional groups attached to an aromatic ring is 1. The molecule has 3 rings (SSSR count). The van der Waals surface area contributed by atoms with Gasteiger partial charge in [-0.25, -0.2) is 9.97 Å². The Morgan fingerprint density at radius 3 is 3.00 bits per heavy atom. The lowest BCUT2D eigenvalue weighted by atomic mass is 10.0. The SMILES string of the molecule is CC1Cc2[nH]c(-c3ccnc(N)n3)cc2C(=O)N1.Cl. The number of nitrogens with zero attached hydrogens (tertiary/aromatic N) is 2. The van der Waals surface area contributed by atoms with Gasteiger partial charge in [0.05, 0.1) is 17.0 Å². The largest absolute Gasteiger partial charge is 0.368 e. The van der Waals surface area contributed by atoms with Gasteiger partial charge in [0.15, 0.2) is 0 Å². The van der Waals surface area contributed by atoms with E-state index in [1.54, 1.807) is 18.3 Å². The van der Waals surface area contributed by atoms with Crippen LogP contribution in [0.25, 0.3) is 11.4 Å². The molecule has 0 saturated heterocycles. The van der Waals surface area contributed by atoms with Gasteiger partial charge in [-0.05, 0) is 19.1 Å². The molecule has 100 valence electrons. The highest BCUT2D eigenvalue weighted by Crippen LogP contribution is 2.23. The summed E-state index contributed by atoms with van der Waals surface area (Å²) in [6.45, 7) is 1.98. The van der Waals surface area contributed by atoms with E-state index in [1.807, 2.05) is 6.92 Å². The van der Waals surface area contributed by atoms with Crippen LogP contribution in [0.3, 0.4) is 0 Å². The van der Waals surface area contributed by atoms with E-state index >= 15 is 0 Å². The third-order valence-corrected chi connectivity index (χ3v) is 2.98. The van der Waals surface area contributed by atoms with Gasteiger partial charge in [0.1, 0.15) is 0 Å². The number of aromatic nitrogens is 3. The van der Waals surface area contributed by atoms with Crippen LogP contribution >= 0.6 is 12.4 Å². The van der Waals surface area contributed by atoms with Crippen molar-refractivity contribution in [3.8, 4) is 11.4 Å². The predicted molar refractivity (Wildman–Crippen MR) is 74.1 cm³/mol. The molecule has 0 bridgehead atoms. The summed E-state index contributed by atoms with van der Waals surface area (Å²) in [5.41, 5.74) is 8.66. The number of aromatic amines is 1. The number of nitrogens with one attached hydrogen (secondary N) is 2. The van der Waals surface area contributed by atoms with E-state index in [1.165, 1.54) is 0 Å². The zero-order valence-electron chi connectivity index (χ0n) is 10.3. The lowest BCUT2D eigenvalue weighted by Gasteiger charge is -2.19. The molecule has 2 aromatic heterocycles. The van der Waals surface area contributed by atoms with Gasteiger partial charge in [0.25, 0.3) is 5.91 Å². The van der Waals surface area contributed by atoms with Crippen LogP contribution in [0.5, 0.6) is 0 Å². The summed E-state index contributed by atoms with van der Waals surface area (Å²) >= 11 is 0. The molecule has 6 nitrogen and oxygen atoms in total. The summed E-state index contributed by atoms with van der Waals surface area (Å²) in [6, 6.07) is 3.71. The second-order valence-electron chi connectivity index (χ2n) is 4.45. The molecule has 0 radical (unpaired) electrons. The van der Waals surface area contributed by atoms with Gasteiger partial charge in [0.2, 0.25) is 5.95 Å². The molecule has 3 heterocycles. The van der Waals surface area contributed by atoms with E-state index in [-0.39, 0.29) is 30.3 Å². The topological polar surface area (TPSA) is 96.7 Å². The molecule has 0 fully saturated rings. The highest BCUT2D eigenvalue weighted by Gasteiger charge is 2.24. The van der Waals surface area contributed by atoms with E-state index < -0.39 is 0 Å². The van der Waals surface area contributed by atoms with Gasteiger partial charge in [-0.15, -0.1) is 12.4 Å². The fourth-order valence-corrected chi connectivity index (χ4v) is 2.18. The van der Waals surface area contributed by atoms with Crippen molar-refractivity contribution >= 4 is 24.3 Å². The van der Waals surface area contributed by atoms with Crippen LogP contribution in [-0.4, -0.2) is 26.9 Å². The van der Waals surface area contributed by atoms with Crippen molar-refractivity contribution in [1.82, 2.24) is 20.3 Å². The van der Waals surface area contributed by atoms with Crippen LogP contribution in [0, 0.1) is 0 Å². The minimum absolute atomic E-state index is 0. The smallest absolute Gasteiger partial charge is 0.253 e.